The number of benzene rings is 2. The van der Waals surface area contributed by atoms with Crippen LogP contribution in [0.3, 0.4) is 0 Å². The molecule has 7 nitrogen and oxygen atoms in total. The van der Waals surface area contributed by atoms with Crippen LogP contribution in [0.25, 0.3) is 0 Å². The topological polar surface area (TPSA) is 70.2 Å². The van der Waals surface area contributed by atoms with E-state index in [0.717, 1.165) is 0 Å². The molecule has 2 saturated heterocycles. The molecule has 2 aliphatic heterocycles. The van der Waals surface area contributed by atoms with Gasteiger partial charge >= 0.3 is 0 Å². The maximum absolute atomic E-state index is 13.2. The van der Waals surface area contributed by atoms with E-state index in [4.69, 9.17) is 4.74 Å². The van der Waals surface area contributed by atoms with E-state index < -0.39 is 0 Å². The van der Waals surface area contributed by atoms with Crippen LogP contribution in [0.1, 0.15) is 26.3 Å². The summed E-state index contributed by atoms with van der Waals surface area (Å²) in [7, 11) is 0. The highest BCUT2D eigenvalue weighted by Crippen LogP contribution is 2.18. The first-order valence-corrected chi connectivity index (χ1v) is 10.7. The zero-order chi connectivity index (χ0) is 21.6. The lowest BCUT2D eigenvalue weighted by Gasteiger charge is -2.36. The van der Waals surface area contributed by atoms with Crippen molar-refractivity contribution in [3.05, 3.63) is 71.3 Å². The number of ether oxygens (including phenoxy) is 1. The lowest BCUT2D eigenvalue weighted by Crippen LogP contribution is -2.52. The van der Waals surface area contributed by atoms with Gasteiger partial charge in [-0.3, -0.25) is 19.3 Å². The van der Waals surface area contributed by atoms with Crippen molar-refractivity contribution < 1.29 is 19.1 Å². The molecule has 2 aliphatic rings. The molecule has 4 rings (SSSR count). The molecule has 0 radical (unpaired) electrons. The summed E-state index contributed by atoms with van der Waals surface area (Å²) in [4.78, 5) is 44.3. The number of carbonyl (C=O) groups excluding carboxylic acids is 3. The van der Waals surface area contributed by atoms with Gasteiger partial charge < -0.3 is 14.5 Å². The Hall–Kier alpha value is -3.03. The van der Waals surface area contributed by atoms with Crippen molar-refractivity contribution in [2.24, 2.45) is 0 Å². The molecule has 162 valence electrons. The van der Waals surface area contributed by atoms with Crippen molar-refractivity contribution in [1.82, 2.24) is 14.7 Å². The van der Waals surface area contributed by atoms with Crippen molar-refractivity contribution >= 4 is 17.6 Å². The Morgan fingerprint density at radius 2 is 1.32 bits per heavy atom. The quantitative estimate of drug-likeness (QED) is 0.685. The number of hydrogen-bond donors (Lipinski definition) is 0. The lowest BCUT2D eigenvalue weighted by molar-refractivity contribution is -0.136. The third-order valence-electron chi connectivity index (χ3n) is 5.82. The number of ketones is 1. The molecule has 0 bridgehead atoms. The highest BCUT2D eigenvalue weighted by atomic mass is 16.5. The molecule has 0 atom stereocenters. The lowest BCUT2D eigenvalue weighted by atomic mass is 9.97. The van der Waals surface area contributed by atoms with Gasteiger partial charge in [0.15, 0.2) is 5.78 Å². The number of hydrogen-bond acceptors (Lipinski definition) is 5. The van der Waals surface area contributed by atoms with Crippen LogP contribution >= 0.6 is 0 Å². The fraction of sp³-hybridized carbons (Fsp3) is 0.375. The molecule has 31 heavy (non-hydrogen) atoms. The molecule has 2 fully saturated rings. The van der Waals surface area contributed by atoms with E-state index in [1.165, 1.54) is 0 Å². The first kappa shape index (κ1) is 21.2. The third-order valence-corrected chi connectivity index (χ3v) is 5.82. The van der Waals surface area contributed by atoms with Crippen LogP contribution in [-0.2, 0) is 9.53 Å². The van der Waals surface area contributed by atoms with E-state index >= 15 is 0 Å². The minimum atomic E-state index is -0.153. The Balaban J connectivity index is 1.38. The van der Waals surface area contributed by atoms with Gasteiger partial charge in [0.05, 0.1) is 25.3 Å². The molecule has 2 aromatic rings. The SMILES string of the molecule is O=C(c1ccccc1)c1ccccc1C(=O)N1CCN(CC(=O)N2CCOCC2)CC1. The Bertz CT molecular complexity index is 933. The second kappa shape index (κ2) is 9.85. The zero-order valence-electron chi connectivity index (χ0n) is 17.5. The van der Waals surface area contributed by atoms with Gasteiger partial charge in [-0.15, -0.1) is 0 Å². The summed E-state index contributed by atoms with van der Waals surface area (Å²) >= 11 is 0. The summed E-state index contributed by atoms with van der Waals surface area (Å²) in [5.41, 5.74) is 1.41. The monoisotopic (exact) mass is 421 g/mol. The van der Waals surface area contributed by atoms with E-state index in [1.807, 2.05) is 23.1 Å². The highest BCUT2D eigenvalue weighted by molar-refractivity contribution is 6.15. The van der Waals surface area contributed by atoms with Crippen LogP contribution in [0.5, 0.6) is 0 Å². The number of amides is 2. The average Bonchev–Trinajstić information content (AvgIpc) is 2.84. The van der Waals surface area contributed by atoms with Crippen LogP contribution in [0, 0.1) is 0 Å². The van der Waals surface area contributed by atoms with Crippen LogP contribution in [0.15, 0.2) is 54.6 Å². The second-order valence-corrected chi connectivity index (χ2v) is 7.80. The predicted molar refractivity (Wildman–Crippen MR) is 116 cm³/mol. The Morgan fingerprint density at radius 1 is 0.710 bits per heavy atom. The molecule has 0 N–H and O–H groups in total. The number of carbonyl (C=O) groups is 3. The van der Waals surface area contributed by atoms with E-state index in [2.05, 4.69) is 4.90 Å². The Morgan fingerprint density at radius 3 is 2.00 bits per heavy atom. The molecule has 2 aromatic carbocycles. The molecule has 2 amide bonds. The smallest absolute Gasteiger partial charge is 0.254 e. The third kappa shape index (κ3) is 5.00. The molecule has 0 unspecified atom stereocenters. The summed E-state index contributed by atoms with van der Waals surface area (Å²) in [6, 6.07) is 16.0. The Kier molecular flexibility index (Phi) is 6.74. The van der Waals surface area contributed by atoms with Crippen molar-refractivity contribution in [3.8, 4) is 0 Å². The summed E-state index contributed by atoms with van der Waals surface area (Å²) in [6.07, 6.45) is 0. The highest BCUT2D eigenvalue weighted by Gasteiger charge is 2.27. The van der Waals surface area contributed by atoms with Gasteiger partial charge in [0.2, 0.25) is 5.91 Å². The zero-order valence-corrected chi connectivity index (χ0v) is 17.5. The largest absolute Gasteiger partial charge is 0.378 e. The van der Waals surface area contributed by atoms with Gasteiger partial charge in [0.25, 0.3) is 5.91 Å². The van der Waals surface area contributed by atoms with Crippen molar-refractivity contribution in [3.63, 3.8) is 0 Å². The first-order chi connectivity index (χ1) is 15.1. The van der Waals surface area contributed by atoms with Gasteiger partial charge in [0, 0.05) is 50.4 Å². The minimum absolute atomic E-state index is 0.113. The van der Waals surface area contributed by atoms with Crippen molar-refractivity contribution in [2.45, 2.75) is 0 Å². The summed E-state index contributed by atoms with van der Waals surface area (Å²) in [5.74, 6) is -0.180. The van der Waals surface area contributed by atoms with Gasteiger partial charge in [-0.1, -0.05) is 48.5 Å². The maximum atomic E-state index is 13.2. The van der Waals surface area contributed by atoms with Gasteiger partial charge in [-0.25, -0.2) is 0 Å². The number of rotatable bonds is 5. The molecule has 2 heterocycles. The Labute approximate surface area is 182 Å². The first-order valence-electron chi connectivity index (χ1n) is 10.7. The van der Waals surface area contributed by atoms with Crippen LogP contribution in [-0.4, -0.2) is 91.3 Å². The van der Waals surface area contributed by atoms with Gasteiger partial charge in [-0.2, -0.15) is 0 Å². The molecular formula is C24H27N3O4. The molecule has 7 heteroatoms. The fourth-order valence-electron chi connectivity index (χ4n) is 4.00. The molecule has 0 spiro atoms. The van der Waals surface area contributed by atoms with Crippen molar-refractivity contribution in [1.29, 1.82) is 0 Å². The van der Waals surface area contributed by atoms with Crippen LogP contribution in [0.2, 0.25) is 0 Å². The summed E-state index contributed by atoms with van der Waals surface area (Å²) in [6.45, 7) is 5.17. The maximum Gasteiger partial charge on any atom is 0.254 e. The summed E-state index contributed by atoms with van der Waals surface area (Å²) in [5, 5.41) is 0. The van der Waals surface area contributed by atoms with E-state index in [0.29, 0.717) is 75.7 Å². The van der Waals surface area contributed by atoms with Crippen LogP contribution in [0.4, 0.5) is 0 Å². The number of nitrogens with zero attached hydrogens (tertiary/aromatic N) is 3. The number of morpholine rings is 1. The van der Waals surface area contributed by atoms with Gasteiger partial charge in [-0.05, 0) is 6.07 Å². The normalized spacial score (nSPS) is 17.4. The predicted octanol–water partition coefficient (Wildman–Crippen LogP) is 1.53. The standard InChI is InChI=1S/C24H27N3O4/c28-22(26-14-16-31-17-15-26)18-25-10-12-27(13-11-25)24(30)21-9-5-4-8-20(21)23(29)19-6-2-1-3-7-19/h1-9H,10-18H2. The minimum Gasteiger partial charge on any atom is -0.378 e. The summed E-state index contributed by atoms with van der Waals surface area (Å²) < 4.78 is 5.30. The number of piperazine rings is 1. The fourth-order valence-corrected chi connectivity index (χ4v) is 4.00. The van der Waals surface area contributed by atoms with Crippen molar-refractivity contribution in [2.75, 3.05) is 59.0 Å². The molecular weight excluding hydrogens is 394 g/mol. The van der Waals surface area contributed by atoms with E-state index in [-0.39, 0.29) is 17.6 Å². The molecule has 0 aliphatic carbocycles. The molecule has 0 saturated carbocycles. The van der Waals surface area contributed by atoms with Gasteiger partial charge in [0.1, 0.15) is 0 Å². The second-order valence-electron chi connectivity index (χ2n) is 7.80. The average molecular weight is 421 g/mol. The van der Waals surface area contributed by atoms with Crippen LogP contribution < -0.4 is 0 Å². The van der Waals surface area contributed by atoms with E-state index in [9.17, 15) is 14.4 Å². The molecule has 0 aromatic heterocycles. The van der Waals surface area contributed by atoms with E-state index in [1.54, 1.807) is 41.3 Å².